The standard InChI is InChI=1S/C35H51N3O4/c1-11-26-18-15-19-28(22-26)30(31(39)37-34(5,6)7)38(25(4)21-20-24(2)3)32(40)29(23-27-16-13-12-14-17-27)36-33(41)42-35(8,9)10/h11-19,22,24-25,29-30H,1,20-21,23H2,2-10H3,(H,36,41)(H,37,39). The number of carbonyl (C=O) groups excluding carboxylic acids is 3. The maximum Gasteiger partial charge on any atom is 0.408 e. The number of rotatable bonds is 12. The minimum Gasteiger partial charge on any atom is -0.444 e. The van der Waals surface area contributed by atoms with Crippen LogP contribution in [0.1, 0.15) is 97.9 Å². The lowest BCUT2D eigenvalue weighted by atomic mass is 9.94. The third kappa shape index (κ3) is 11.3. The monoisotopic (exact) mass is 577 g/mol. The van der Waals surface area contributed by atoms with Crippen molar-refractivity contribution < 1.29 is 19.1 Å². The normalized spacial score (nSPS) is 14.0. The smallest absolute Gasteiger partial charge is 0.408 e. The highest BCUT2D eigenvalue weighted by Crippen LogP contribution is 2.29. The zero-order valence-electron chi connectivity index (χ0n) is 27.0. The fraction of sp³-hybridized carbons (Fsp3) is 0.514. The Bertz CT molecular complexity index is 1190. The lowest BCUT2D eigenvalue weighted by Gasteiger charge is -2.40. The van der Waals surface area contributed by atoms with Gasteiger partial charge in [0, 0.05) is 18.0 Å². The maximum absolute atomic E-state index is 14.7. The summed E-state index contributed by atoms with van der Waals surface area (Å²) >= 11 is 0. The number of alkyl carbamates (subject to hydrolysis) is 1. The molecule has 0 heterocycles. The summed E-state index contributed by atoms with van der Waals surface area (Å²) in [5, 5.41) is 5.94. The summed E-state index contributed by atoms with van der Waals surface area (Å²) in [5.41, 5.74) is 1.13. The third-order valence-corrected chi connectivity index (χ3v) is 6.65. The van der Waals surface area contributed by atoms with Crippen LogP contribution in [0.3, 0.4) is 0 Å². The van der Waals surface area contributed by atoms with Crippen LogP contribution in [0.5, 0.6) is 0 Å². The Morgan fingerprint density at radius 1 is 0.929 bits per heavy atom. The number of benzene rings is 2. The topological polar surface area (TPSA) is 87.7 Å². The highest BCUT2D eigenvalue weighted by Gasteiger charge is 2.39. The average molecular weight is 578 g/mol. The second-order valence-electron chi connectivity index (χ2n) is 13.5. The molecule has 3 atom stereocenters. The van der Waals surface area contributed by atoms with Gasteiger partial charge in [-0.25, -0.2) is 4.79 Å². The number of hydrogen-bond acceptors (Lipinski definition) is 4. The molecule has 230 valence electrons. The van der Waals surface area contributed by atoms with Gasteiger partial charge in [0.15, 0.2) is 0 Å². The maximum atomic E-state index is 14.7. The van der Waals surface area contributed by atoms with Gasteiger partial charge >= 0.3 is 6.09 Å². The molecule has 2 rings (SSSR count). The second kappa shape index (κ2) is 15.0. The Labute approximate surface area is 253 Å². The van der Waals surface area contributed by atoms with Crippen molar-refractivity contribution in [3.8, 4) is 0 Å². The predicted octanol–water partition coefficient (Wildman–Crippen LogP) is 7.07. The first kappa shape index (κ1) is 34.6. The lowest BCUT2D eigenvalue weighted by molar-refractivity contribution is -0.145. The summed E-state index contributed by atoms with van der Waals surface area (Å²) in [6.07, 6.45) is 2.84. The van der Waals surface area contributed by atoms with Gasteiger partial charge in [0.05, 0.1) is 0 Å². The van der Waals surface area contributed by atoms with E-state index in [1.54, 1.807) is 31.7 Å². The van der Waals surface area contributed by atoms with E-state index in [2.05, 4.69) is 31.1 Å². The number of carbonyl (C=O) groups is 3. The fourth-order valence-electron chi connectivity index (χ4n) is 4.72. The first-order valence-corrected chi connectivity index (χ1v) is 14.9. The lowest BCUT2D eigenvalue weighted by Crippen LogP contribution is -2.57. The number of amides is 3. The first-order chi connectivity index (χ1) is 19.5. The van der Waals surface area contributed by atoms with Crippen LogP contribution < -0.4 is 10.6 Å². The molecule has 7 nitrogen and oxygen atoms in total. The van der Waals surface area contributed by atoms with Gasteiger partial charge in [-0.2, -0.15) is 0 Å². The molecule has 0 radical (unpaired) electrons. The van der Waals surface area contributed by atoms with Gasteiger partial charge in [-0.3, -0.25) is 9.59 Å². The molecule has 0 aliphatic rings. The predicted molar refractivity (Wildman–Crippen MR) is 171 cm³/mol. The SMILES string of the molecule is C=Cc1cccc(C(C(=O)NC(C)(C)C)N(C(=O)C(Cc2ccccc2)NC(=O)OC(C)(C)C)C(C)CCC(C)C)c1. The van der Waals surface area contributed by atoms with Crippen LogP contribution in [0.4, 0.5) is 4.79 Å². The van der Waals surface area contributed by atoms with Crippen molar-refractivity contribution in [1.29, 1.82) is 0 Å². The van der Waals surface area contributed by atoms with E-state index >= 15 is 0 Å². The van der Waals surface area contributed by atoms with Crippen molar-refractivity contribution in [2.45, 2.75) is 111 Å². The van der Waals surface area contributed by atoms with E-state index < -0.39 is 29.3 Å². The quantitative estimate of drug-likeness (QED) is 0.282. The average Bonchev–Trinajstić information content (AvgIpc) is 2.88. The summed E-state index contributed by atoms with van der Waals surface area (Å²) in [7, 11) is 0. The molecule has 0 bridgehead atoms. The Morgan fingerprint density at radius 3 is 2.12 bits per heavy atom. The van der Waals surface area contributed by atoms with Crippen molar-refractivity contribution in [2.75, 3.05) is 0 Å². The first-order valence-electron chi connectivity index (χ1n) is 14.9. The molecule has 0 aromatic heterocycles. The van der Waals surface area contributed by atoms with Crippen molar-refractivity contribution in [1.82, 2.24) is 15.5 Å². The minimum absolute atomic E-state index is 0.243. The van der Waals surface area contributed by atoms with Gasteiger partial charge in [-0.15, -0.1) is 0 Å². The van der Waals surface area contributed by atoms with E-state index in [1.165, 1.54) is 0 Å². The molecular weight excluding hydrogens is 526 g/mol. The Morgan fingerprint density at radius 2 is 1.57 bits per heavy atom. The van der Waals surface area contributed by atoms with E-state index in [4.69, 9.17) is 4.74 Å². The second-order valence-corrected chi connectivity index (χ2v) is 13.5. The summed E-state index contributed by atoms with van der Waals surface area (Å²) in [5.74, 6) is -0.224. The molecule has 0 spiro atoms. The van der Waals surface area contributed by atoms with E-state index in [9.17, 15) is 14.4 Å². The highest BCUT2D eigenvalue weighted by molar-refractivity contribution is 5.93. The molecule has 3 amide bonds. The van der Waals surface area contributed by atoms with Crippen LogP contribution in [0.25, 0.3) is 6.08 Å². The molecule has 0 aliphatic heterocycles. The summed E-state index contributed by atoms with van der Waals surface area (Å²) in [6.45, 7) is 21.2. The van der Waals surface area contributed by atoms with Crippen molar-refractivity contribution in [3.05, 3.63) is 77.9 Å². The molecule has 2 aromatic rings. The molecule has 7 heteroatoms. The van der Waals surface area contributed by atoms with Gasteiger partial charge in [-0.1, -0.05) is 75.0 Å². The molecular formula is C35H51N3O4. The van der Waals surface area contributed by atoms with Gasteiger partial charge in [0.2, 0.25) is 11.8 Å². The molecule has 0 aliphatic carbocycles. The van der Waals surface area contributed by atoms with E-state index in [0.717, 1.165) is 17.5 Å². The van der Waals surface area contributed by atoms with Crippen LogP contribution in [-0.2, 0) is 20.7 Å². The zero-order valence-corrected chi connectivity index (χ0v) is 27.0. The summed E-state index contributed by atoms with van der Waals surface area (Å²) in [6, 6.07) is 14.9. The Kier molecular flexibility index (Phi) is 12.4. The zero-order chi connectivity index (χ0) is 31.7. The van der Waals surface area contributed by atoms with Crippen molar-refractivity contribution in [3.63, 3.8) is 0 Å². The molecule has 0 saturated carbocycles. The van der Waals surface area contributed by atoms with Crippen molar-refractivity contribution >= 4 is 24.0 Å². The van der Waals surface area contributed by atoms with Crippen molar-refractivity contribution in [2.24, 2.45) is 5.92 Å². The van der Waals surface area contributed by atoms with Gasteiger partial charge in [0.1, 0.15) is 17.7 Å². The Hall–Kier alpha value is -3.61. The molecule has 2 N–H and O–H groups in total. The number of hydrogen-bond donors (Lipinski definition) is 2. The molecule has 3 unspecified atom stereocenters. The van der Waals surface area contributed by atoms with Crippen LogP contribution in [0, 0.1) is 5.92 Å². The Balaban J connectivity index is 2.69. The third-order valence-electron chi connectivity index (χ3n) is 6.65. The van der Waals surface area contributed by atoms with E-state index in [0.29, 0.717) is 17.9 Å². The summed E-state index contributed by atoms with van der Waals surface area (Å²) < 4.78 is 5.55. The number of ether oxygens (including phenoxy) is 1. The van der Waals surface area contributed by atoms with Gasteiger partial charge in [-0.05, 0) is 90.0 Å². The van der Waals surface area contributed by atoms with Crippen LogP contribution >= 0.6 is 0 Å². The number of nitrogens with one attached hydrogen (secondary N) is 2. The van der Waals surface area contributed by atoms with Crippen LogP contribution in [0.2, 0.25) is 0 Å². The molecule has 0 fully saturated rings. The van der Waals surface area contributed by atoms with Gasteiger partial charge < -0.3 is 20.3 Å². The minimum atomic E-state index is -0.962. The molecule has 42 heavy (non-hydrogen) atoms. The largest absolute Gasteiger partial charge is 0.444 e. The van der Waals surface area contributed by atoms with Crippen LogP contribution in [0.15, 0.2) is 61.2 Å². The highest BCUT2D eigenvalue weighted by atomic mass is 16.6. The number of nitrogens with zero attached hydrogens (tertiary/aromatic N) is 1. The van der Waals surface area contributed by atoms with Crippen LogP contribution in [-0.4, -0.2) is 46.0 Å². The van der Waals surface area contributed by atoms with Gasteiger partial charge in [0.25, 0.3) is 0 Å². The fourth-order valence-corrected chi connectivity index (χ4v) is 4.72. The van der Waals surface area contributed by atoms with E-state index in [1.807, 2.05) is 82.3 Å². The summed E-state index contributed by atoms with van der Waals surface area (Å²) in [4.78, 5) is 43.5. The molecule has 0 saturated heterocycles. The molecule has 2 aromatic carbocycles. The van der Waals surface area contributed by atoms with E-state index in [-0.39, 0.29) is 24.3 Å².